The van der Waals surface area contributed by atoms with Crippen LogP contribution in [0, 0.1) is 0 Å². The number of pyridine rings is 1. The van der Waals surface area contributed by atoms with E-state index in [1.54, 1.807) is 6.92 Å². The molecule has 1 rings (SSSR count). The van der Waals surface area contributed by atoms with Crippen molar-refractivity contribution in [1.82, 2.24) is 4.98 Å². The highest BCUT2D eigenvalue weighted by molar-refractivity contribution is 5.73. The number of halogens is 2. The molecule has 0 aromatic carbocycles. The average molecular weight is 274 g/mol. The van der Waals surface area contributed by atoms with Crippen LogP contribution in [-0.2, 0) is 22.5 Å². The molecular weight excluding hydrogens is 258 g/mol. The van der Waals surface area contributed by atoms with E-state index in [-0.39, 0.29) is 30.9 Å². The number of nitrogens with two attached hydrogens (primary N) is 1. The van der Waals surface area contributed by atoms with E-state index in [0.717, 1.165) is 0 Å². The van der Waals surface area contributed by atoms with Crippen LogP contribution in [0.15, 0.2) is 6.20 Å². The van der Waals surface area contributed by atoms with Crippen LogP contribution < -0.4 is 10.5 Å². The van der Waals surface area contributed by atoms with Crippen LogP contribution in [0.25, 0.3) is 0 Å². The lowest BCUT2D eigenvalue weighted by molar-refractivity contribution is -0.142. The standard InChI is InChI=1S/C12H16F2N2O3/c1-3-19-9(17)4-7-6-16-10(12(13)14)8(5-15)11(7)18-2/h6,12H,3-5,15H2,1-2H3. The van der Waals surface area contributed by atoms with Gasteiger partial charge in [0.05, 0.1) is 20.1 Å². The molecule has 0 aliphatic rings. The smallest absolute Gasteiger partial charge is 0.310 e. The molecule has 0 saturated heterocycles. The van der Waals surface area contributed by atoms with Crippen molar-refractivity contribution in [3.63, 3.8) is 0 Å². The number of carbonyl (C=O) groups is 1. The van der Waals surface area contributed by atoms with Gasteiger partial charge in [-0.3, -0.25) is 9.78 Å². The largest absolute Gasteiger partial charge is 0.496 e. The van der Waals surface area contributed by atoms with Crippen molar-refractivity contribution < 1.29 is 23.0 Å². The number of alkyl halides is 2. The van der Waals surface area contributed by atoms with Gasteiger partial charge in [0.2, 0.25) is 0 Å². The molecule has 1 heterocycles. The summed E-state index contributed by atoms with van der Waals surface area (Å²) < 4.78 is 35.4. The first kappa shape index (κ1) is 15.3. The lowest BCUT2D eigenvalue weighted by Crippen LogP contribution is -2.13. The van der Waals surface area contributed by atoms with E-state index in [0.29, 0.717) is 5.56 Å². The summed E-state index contributed by atoms with van der Waals surface area (Å²) in [4.78, 5) is 15.1. The topological polar surface area (TPSA) is 74.4 Å². The zero-order chi connectivity index (χ0) is 14.4. The molecule has 1 aromatic rings. The Morgan fingerprint density at radius 2 is 2.21 bits per heavy atom. The van der Waals surface area contributed by atoms with Crippen molar-refractivity contribution in [2.75, 3.05) is 13.7 Å². The highest BCUT2D eigenvalue weighted by atomic mass is 19.3. The van der Waals surface area contributed by atoms with Crippen LogP contribution in [0.3, 0.4) is 0 Å². The third-order valence-electron chi connectivity index (χ3n) is 2.49. The van der Waals surface area contributed by atoms with Crippen LogP contribution >= 0.6 is 0 Å². The summed E-state index contributed by atoms with van der Waals surface area (Å²) in [7, 11) is 1.33. The lowest BCUT2D eigenvalue weighted by Gasteiger charge is -2.15. The number of esters is 1. The van der Waals surface area contributed by atoms with Crippen LogP contribution in [-0.4, -0.2) is 24.7 Å². The molecule has 19 heavy (non-hydrogen) atoms. The average Bonchev–Trinajstić information content (AvgIpc) is 2.37. The Morgan fingerprint density at radius 1 is 1.53 bits per heavy atom. The predicted molar refractivity (Wildman–Crippen MR) is 64.0 cm³/mol. The molecule has 0 bridgehead atoms. The van der Waals surface area contributed by atoms with Crippen LogP contribution in [0.5, 0.6) is 5.75 Å². The molecule has 1 aromatic heterocycles. The van der Waals surface area contributed by atoms with E-state index in [9.17, 15) is 13.6 Å². The summed E-state index contributed by atoms with van der Waals surface area (Å²) in [6.45, 7) is 1.78. The van der Waals surface area contributed by atoms with Crippen molar-refractivity contribution in [1.29, 1.82) is 0 Å². The second-order valence-corrected chi connectivity index (χ2v) is 3.67. The normalized spacial score (nSPS) is 10.6. The maximum atomic E-state index is 12.8. The van der Waals surface area contributed by atoms with E-state index in [1.165, 1.54) is 13.3 Å². The Kier molecular flexibility index (Phi) is 5.62. The Labute approximate surface area is 109 Å². The fourth-order valence-corrected chi connectivity index (χ4v) is 1.73. The minimum absolute atomic E-state index is 0.0967. The van der Waals surface area contributed by atoms with Gasteiger partial charge in [0, 0.05) is 23.9 Å². The summed E-state index contributed by atoms with van der Waals surface area (Å²) in [6.07, 6.45) is -1.65. The number of hydrogen-bond acceptors (Lipinski definition) is 5. The van der Waals surface area contributed by atoms with Crippen LogP contribution in [0.1, 0.15) is 30.2 Å². The van der Waals surface area contributed by atoms with E-state index in [1.807, 2.05) is 0 Å². The molecule has 5 nitrogen and oxygen atoms in total. The van der Waals surface area contributed by atoms with Gasteiger partial charge in [0.25, 0.3) is 6.43 Å². The highest BCUT2D eigenvalue weighted by Gasteiger charge is 2.21. The molecule has 0 saturated carbocycles. The number of rotatable bonds is 6. The number of ether oxygens (including phenoxy) is 2. The Bertz CT molecular complexity index is 453. The van der Waals surface area contributed by atoms with Crippen LogP contribution in [0.2, 0.25) is 0 Å². The second-order valence-electron chi connectivity index (χ2n) is 3.67. The van der Waals surface area contributed by atoms with Gasteiger partial charge < -0.3 is 15.2 Å². The summed E-state index contributed by atoms with van der Waals surface area (Å²) in [6, 6.07) is 0. The summed E-state index contributed by atoms with van der Waals surface area (Å²) in [5.41, 5.74) is 5.52. The molecule has 0 fully saturated rings. The fourth-order valence-electron chi connectivity index (χ4n) is 1.73. The van der Waals surface area contributed by atoms with E-state index < -0.39 is 18.1 Å². The fraction of sp³-hybridized carbons (Fsp3) is 0.500. The van der Waals surface area contributed by atoms with Crippen molar-refractivity contribution in [3.8, 4) is 5.75 Å². The minimum atomic E-state index is -2.75. The Balaban J connectivity index is 3.16. The first-order valence-corrected chi connectivity index (χ1v) is 5.73. The maximum Gasteiger partial charge on any atom is 0.310 e. The number of carbonyl (C=O) groups excluding carboxylic acids is 1. The molecule has 106 valence electrons. The third kappa shape index (κ3) is 3.60. The first-order chi connectivity index (χ1) is 9.04. The molecule has 0 amide bonds. The van der Waals surface area contributed by atoms with Gasteiger partial charge in [-0.05, 0) is 6.92 Å². The molecule has 0 spiro atoms. The third-order valence-corrected chi connectivity index (χ3v) is 2.49. The lowest BCUT2D eigenvalue weighted by atomic mass is 10.1. The number of nitrogens with zero attached hydrogens (tertiary/aromatic N) is 1. The zero-order valence-electron chi connectivity index (χ0n) is 10.8. The maximum absolute atomic E-state index is 12.8. The second kappa shape index (κ2) is 6.98. The first-order valence-electron chi connectivity index (χ1n) is 5.73. The monoisotopic (exact) mass is 274 g/mol. The SMILES string of the molecule is CCOC(=O)Cc1cnc(C(F)F)c(CN)c1OC. The van der Waals surface area contributed by atoms with Crippen LogP contribution in [0.4, 0.5) is 8.78 Å². The molecule has 0 aliphatic heterocycles. The van der Waals surface area contributed by atoms with Gasteiger partial charge in [-0.25, -0.2) is 8.78 Å². The molecular formula is C12H16F2N2O3. The van der Waals surface area contributed by atoms with Crippen molar-refractivity contribution in [2.24, 2.45) is 5.73 Å². The minimum Gasteiger partial charge on any atom is -0.496 e. The predicted octanol–water partition coefficient (Wildman–Crippen LogP) is 1.59. The molecule has 0 atom stereocenters. The van der Waals surface area contributed by atoms with Gasteiger partial charge in [0.15, 0.2) is 0 Å². The summed E-state index contributed by atoms with van der Waals surface area (Å²) >= 11 is 0. The Hall–Kier alpha value is -1.76. The van der Waals surface area contributed by atoms with E-state index in [2.05, 4.69) is 4.98 Å². The Morgan fingerprint density at radius 3 is 2.68 bits per heavy atom. The molecule has 0 radical (unpaired) electrons. The number of hydrogen-bond donors (Lipinski definition) is 1. The van der Waals surface area contributed by atoms with Gasteiger partial charge in [-0.2, -0.15) is 0 Å². The summed E-state index contributed by atoms with van der Waals surface area (Å²) in [5, 5.41) is 0. The van der Waals surface area contributed by atoms with E-state index in [4.69, 9.17) is 15.2 Å². The molecule has 2 N–H and O–H groups in total. The van der Waals surface area contributed by atoms with Crippen molar-refractivity contribution in [3.05, 3.63) is 23.0 Å². The molecule has 0 aliphatic carbocycles. The zero-order valence-corrected chi connectivity index (χ0v) is 10.8. The van der Waals surface area contributed by atoms with Gasteiger partial charge >= 0.3 is 5.97 Å². The van der Waals surface area contributed by atoms with Crippen molar-refractivity contribution >= 4 is 5.97 Å². The number of aromatic nitrogens is 1. The van der Waals surface area contributed by atoms with Crippen molar-refractivity contribution in [2.45, 2.75) is 26.3 Å². The highest BCUT2D eigenvalue weighted by Crippen LogP contribution is 2.31. The van der Waals surface area contributed by atoms with Gasteiger partial charge in [-0.1, -0.05) is 0 Å². The van der Waals surface area contributed by atoms with Gasteiger partial charge in [-0.15, -0.1) is 0 Å². The van der Waals surface area contributed by atoms with E-state index >= 15 is 0 Å². The van der Waals surface area contributed by atoms with Gasteiger partial charge in [0.1, 0.15) is 11.4 Å². The molecule has 0 unspecified atom stereocenters. The summed E-state index contributed by atoms with van der Waals surface area (Å²) in [5.74, 6) is -0.309. The number of methoxy groups -OCH3 is 1. The molecule has 7 heteroatoms. The quantitative estimate of drug-likeness (QED) is 0.797.